The fraction of sp³-hybridized carbons (Fsp3) is 0.316. The van der Waals surface area contributed by atoms with E-state index in [9.17, 15) is 4.79 Å². The number of para-hydroxylation sites is 1. The number of hydrogen-bond donors (Lipinski definition) is 1. The van der Waals surface area contributed by atoms with Crippen molar-refractivity contribution in [2.75, 3.05) is 26.9 Å². The summed E-state index contributed by atoms with van der Waals surface area (Å²) in [6, 6.07) is 11.2. The van der Waals surface area contributed by atoms with Gasteiger partial charge in [0.1, 0.15) is 19.0 Å². The largest absolute Gasteiger partial charge is 0.496 e. The van der Waals surface area contributed by atoms with Gasteiger partial charge in [0.2, 0.25) is 0 Å². The van der Waals surface area contributed by atoms with E-state index in [1.807, 2.05) is 31.2 Å². The molecule has 0 atom stereocenters. The number of methoxy groups -OCH3 is 1. The Hall–Kier alpha value is -2.69. The molecule has 24 heavy (non-hydrogen) atoms. The van der Waals surface area contributed by atoms with Gasteiger partial charge in [0.15, 0.2) is 11.5 Å². The topological polar surface area (TPSA) is 56.8 Å². The second-order valence-electron chi connectivity index (χ2n) is 5.63. The summed E-state index contributed by atoms with van der Waals surface area (Å²) < 4.78 is 16.4. The molecule has 1 aliphatic heterocycles. The number of hydrogen-bond acceptors (Lipinski definition) is 4. The minimum absolute atomic E-state index is 0.136. The van der Waals surface area contributed by atoms with Crippen molar-refractivity contribution in [3.8, 4) is 17.2 Å². The predicted molar refractivity (Wildman–Crippen MR) is 91.2 cm³/mol. The molecule has 0 unspecified atom stereocenters. The molecule has 0 fully saturated rings. The van der Waals surface area contributed by atoms with E-state index in [0.29, 0.717) is 31.1 Å². The molecule has 3 rings (SSSR count). The summed E-state index contributed by atoms with van der Waals surface area (Å²) in [5.74, 6) is 2.01. The number of rotatable bonds is 5. The van der Waals surface area contributed by atoms with E-state index in [4.69, 9.17) is 14.2 Å². The van der Waals surface area contributed by atoms with E-state index >= 15 is 0 Å². The molecule has 0 aliphatic carbocycles. The monoisotopic (exact) mass is 327 g/mol. The van der Waals surface area contributed by atoms with Crippen LogP contribution in [0.4, 0.5) is 0 Å². The highest BCUT2D eigenvalue weighted by Gasteiger charge is 2.15. The maximum absolute atomic E-state index is 12.3. The van der Waals surface area contributed by atoms with Crippen molar-refractivity contribution >= 4 is 5.91 Å². The number of amides is 1. The van der Waals surface area contributed by atoms with Gasteiger partial charge in [0.05, 0.1) is 12.7 Å². The van der Waals surface area contributed by atoms with Crippen molar-refractivity contribution in [2.24, 2.45) is 0 Å². The van der Waals surface area contributed by atoms with E-state index in [1.54, 1.807) is 19.2 Å². The molecule has 1 amide bonds. The number of carbonyl (C=O) groups excluding carboxylic acids is 1. The summed E-state index contributed by atoms with van der Waals surface area (Å²) >= 11 is 0. The second kappa shape index (κ2) is 7.25. The predicted octanol–water partition coefficient (Wildman–Crippen LogP) is 2.75. The van der Waals surface area contributed by atoms with E-state index in [1.165, 1.54) is 0 Å². The Labute approximate surface area is 141 Å². The maximum atomic E-state index is 12.3. The molecular weight excluding hydrogens is 306 g/mol. The molecule has 0 saturated heterocycles. The first-order valence-corrected chi connectivity index (χ1v) is 7.99. The third-order valence-corrected chi connectivity index (χ3v) is 4.03. The lowest BCUT2D eigenvalue weighted by Gasteiger charge is -2.20. The highest BCUT2D eigenvalue weighted by molar-refractivity contribution is 5.96. The zero-order chi connectivity index (χ0) is 16.9. The molecule has 5 heteroatoms. The van der Waals surface area contributed by atoms with Crippen LogP contribution in [0.3, 0.4) is 0 Å². The summed E-state index contributed by atoms with van der Waals surface area (Å²) in [5, 5.41) is 2.94. The van der Waals surface area contributed by atoms with Crippen LogP contribution in [-0.2, 0) is 6.42 Å². The average molecular weight is 327 g/mol. The lowest BCUT2D eigenvalue weighted by molar-refractivity contribution is 0.0951. The summed E-state index contributed by atoms with van der Waals surface area (Å²) in [5.41, 5.74) is 2.81. The molecule has 2 aromatic rings. The first-order valence-electron chi connectivity index (χ1n) is 7.99. The van der Waals surface area contributed by atoms with Crippen molar-refractivity contribution in [1.29, 1.82) is 0 Å². The Kier molecular flexibility index (Phi) is 4.89. The summed E-state index contributed by atoms with van der Waals surface area (Å²) in [4.78, 5) is 12.3. The lowest BCUT2D eigenvalue weighted by Crippen LogP contribution is -2.26. The van der Waals surface area contributed by atoms with Crippen molar-refractivity contribution in [3.63, 3.8) is 0 Å². The lowest BCUT2D eigenvalue weighted by atomic mass is 10.0. The molecule has 2 aromatic carbocycles. The van der Waals surface area contributed by atoms with Crippen molar-refractivity contribution < 1.29 is 19.0 Å². The number of benzene rings is 2. The molecule has 0 radical (unpaired) electrons. The Bertz CT molecular complexity index is 742. The van der Waals surface area contributed by atoms with Crippen LogP contribution in [-0.4, -0.2) is 32.8 Å². The van der Waals surface area contributed by atoms with E-state index in [-0.39, 0.29) is 5.91 Å². The standard InChI is InChI=1S/C19H21NO4/c1-13-11-17-18(24-10-9-23-17)12-14(13)7-8-20-19(21)15-5-3-4-6-16(15)22-2/h3-6,11-12H,7-10H2,1-2H3,(H,20,21). The van der Waals surface area contributed by atoms with Gasteiger partial charge in [-0.25, -0.2) is 0 Å². The summed E-state index contributed by atoms with van der Waals surface area (Å²) in [6.07, 6.45) is 0.726. The molecule has 5 nitrogen and oxygen atoms in total. The van der Waals surface area contributed by atoms with Crippen LogP contribution < -0.4 is 19.5 Å². The van der Waals surface area contributed by atoms with Crippen LogP contribution in [0, 0.1) is 6.92 Å². The van der Waals surface area contributed by atoms with Gasteiger partial charge in [0.25, 0.3) is 5.91 Å². The quantitative estimate of drug-likeness (QED) is 0.917. The third kappa shape index (κ3) is 3.45. The summed E-state index contributed by atoms with van der Waals surface area (Å²) in [6.45, 7) is 3.73. The van der Waals surface area contributed by atoms with Gasteiger partial charge >= 0.3 is 0 Å². The van der Waals surface area contributed by atoms with Gasteiger partial charge in [0, 0.05) is 6.54 Å². The SMILES string of the molecule is COc1ccccc1C(=O)NCCc1cc2c(cc1C)OCCO2. The van der Waals surface area contributed by atoms with Gasteiger partial charge in [-0.05, 0) is 48.7 Å². The van der Waals surface area contributed by atoms with E-state index < -0.39 is 0 Å². The number of aryl methyl sites for hydroxylation is 1. The van der Waals surface area contributed by atoms with Crippen LogP contribution in [0.1, 0.15) is 21.5 Å². The van der Waals surface area contributed by atoms with Crippen molar-refractivity contribution in [3.05, 3.63) is 53.1 Å². The normalized spacial score (nSPS) is 12.6. The highest BCUT2D eigenvalue weighted by Crippen LogP contribution is 2.33. The molecule has 1 aliphatic rings. The van der Waals surface area contributed by atoms with Crippen LogP contribution in [0.2, 0.25) is 0 Å². The molecule has 126 valence electrons. The van der Waals surface area contributed by atoms with Crippen LogP contribution in [0.5, 0.6) is 17.2 Å². The van der Waals surface area contributed by atoms with Gasteiger partial charge in [-0.15, -0.1) is 0 Å². The molecule has 0 aromatic heterocycles. The Balaban J connectivity index is 1.63. The minimum Gasteiger partial charge on any atom is -0.496 e. The highest BCUT2D eigenvalue weighted by atomic mass is 16.6. The Morgan fingerprint density at radius 2 is 1.88 bits per heavy atom. The fourth-order valence-corrected chi connectivity index (χ4v) is 2.74. The van der Waals surface area contributed by atoms with Crippen molar-refractivity contribution in [2.45, 2.75) is 13.3 Å². The summed E-state index contributed by atoms with van der Waals surface area (Å²) in [7, 11) is 1.56. The zero-order valence-corrected chi connectivity index (χ0v) is 13.9. The number of fused-ring (bicyclic) bond motifs is 1. The molecule has 0 saturated carbocycles. The molecule has 1 N–H and O–H groups in total. The van der Waals surface area contributed by atoms with E-state index in [2.05, 4.69) is 5.32 Å². The Morgan fingerprint density at radius 1 is 1.17 bits per heavy atom. The van der Waals surface area contributed by atoms with Gasteiger partial charge in [-0.2, -0.15) is 0 Å². The third-order valence-electron chi connectivity index (χ3n) is 4.03. The molecule has 0 spiro atoms. The van der Waals surface area contributed by atoms with E-state index in [0.717, 1.165) is 29.0 Å². The molecule has 0 bridgehead atoms. The van der Waals surface area contributed by atoms with Crippen LogP contribution in [0.15, 0.2) is 36.4 Å². The number of nitrogens with one attached hydrogen (secondary N) is 1. The van der Waals surface area contributed by atoms with Crippen LogP contribution in [0.25, 0.3) is 0 Å². The number of ether oxygens (including phenoxy) is 3. The van der Waals surface area contributed by atoms with Gasteiger partial charge < -0.3 is 19.5 Å². The van der Waals surface area contributed by atoms with Crippen molar-refractivity contribution in [1.82, 2.24) is 5.32 Å². The first-order chi connectivity index (χ1) is 11.7. The van der Waals surface area contributed by atoms with Gasteiger partial charge in [-0.3, -0.25) is 4.79 Å². The molecular formula is C19H21NO4. The first kappa shape index (κ1) is 16.2. The second-order valence-corrected chi connectivity index (χ2v) is 5.63. The van der Waals surface area contributed by atoms with Gasteiger partial charge in [-0.1, -0.05) is 12.1 Å². The Morgan fingerprint density at radius 3 is 2.62 bits per heavy atom. The fourth-order valence-electron chi connectivity index (χ4n) is 2.74. The maximum Gasteiger partial charge on any atom is 0.255 e. The number of carbonyl (C=O) groups is 1. The minimum atomic E-state index is -0.136. The zero-order valence-electron chi connectivity index (χ0n) is 13.9. The average Bonchev–Trinajstić information content (AvgIpc) is 2.62. The van der Waals surface area contributed by atoms with Crippen LogP contribution >= 0.6 is 0 Å². The smallest absolute Gasteiger partial charge is 0.255 e. The molecule has 1 heterocycles.